The third-order valence-electron chi connectivity index (χ3n) is 7.12. The largest absolute Gasteiger partial charge is 0.351 e. The van der Waals surface area contributed by atoms with E-state index in [0.29, 0.717) is 21.6 Å². The Bertz CT molecular complexity index is 1570. The van der Waals surface area contributed by atoms with Crippen LogP contribution in [0.25, 0.3) is 5.69 Å². The van der Waals surface area contributed by atoms with Crippen LogP contribution in [0.5, 0.6) is 0 Å². The van der Waals surface area contributed by atoms with Crippen molar-refractivity contribution in [2.45, 2.75) is 46.2 Å². The third-order valence-corrected chi connectivity index (χ3v) is 7.97. The van der Waals surface area contributed by atoms with Crippen molar-refractivity contribution in [2.75, 3.05) is 10.2 Å². The molecule has 1 fully saturated rings. The van der Waals surface area contributed by atoms with Gasteiger partial charge in [-0.25, -0.2) is 0 Å². The van der Waals surface area contributed by atoms with Crippen LogP contribution in [0.4, 0.5) is 11.4 Å². The molecule has 0 aliphatic carbocycles. The lowest BCUT2D eigenvalue weighted by Gasteiger charge is -2.29. The number of aromatic nitrogens is 2. The average molecular weight is 579 g/mol. The normalized spacial score (nSPS) is 16.9. The Hall–Kier alpha value is -3.39. The summed E-state index contributed by atoms with van der Waals surface area (Å²) < 4.78 is 2.15. The molecular formula is C30H29Cl2N5OS. The quantitative estimate of drug-likeness (QED) is 0.231. The summed E-state index contributed by atoms with van der Waals surface area (Å²) in [6.07, 6.45) is 2.22. The number of rotatable bonds is 6. The number of carbonyl (C=O) groups is 1. The van der Waals surface area contributed by atoms with Crippen LogP contribution in [0.1, 0.15) is 53.6 Å². The van der Waals surface area contributed by atoms with Crippen molar-refractivity contribution in [1.82, 2.24) is 14.9 Å². The first-order chi connectivity index (χ1) is 18.7. The van der Waals surface area contributed by atoms with Gasteiger partial charge in [0.15, 0.2) is 5.11 Å². The minimum absolute atomic E-state index is 0.0226. The van der Waals surface area contributed by atoms with E-state index in [1.165, 1.54) is 0 Å². The Balaban J connectivity index is 1.64. The van der Waals surface area contributed by atoms with E-state index in [-0.39, 0.29) is 18.0 Å². The number of pyridine rings is 1. The van der Waals surface area contributed by atoms with Gasteiger partial charge in [0.2, 0.25) is 5.91 Å². The molecular weight excluding hydrogens is 549 g/mol. The molecule has 0 saturated carbocycles. The van der Waals surface area contributed by atoms with Gasteiger partial charge < -0.3 is 20.1 Å². The van der Waals surface area contributed by atoms with Gasteiger partial charge in [-0.15, -0.1) is 0 Å². The van der Waals surface area contributed by atoms with Crippen molar-refractivity contribution in [3.63, 3.8) is 0 Å². The van der Waals surface area contributed by atoms with Gasteiger partial charge >= 0.3 is 0 Å². The topological polar surface area (TPSA) is 62.2 Å². The average Bonchev–Trinajstić information content (AvgIpc) is 3.41. The van der Waals surface area contributed by atoms with E-state index in [0.717, 1.165) is 45.3 Å². The molecule has 2 aromatic carbocycles. The number of benzene rings is 2. The predicted octanol–water partition coefficient (Wildman–Crippen LogP) is 7.63. The molecule has 2 N–H and O–H groups in total. The van der Waals surface area contributed by atoms with Crippen molar-refractivity contribution < 1.29 is 4.79 Å². The highest BCUT2D eigenvalue weighted by molar-refractivity contribution is 7.80. The number of nitrogens with zero attached hydrogens (tertiary/aromatic N) is 3. The summed E-state index contributed by atoms with van der Waals surface area (Å²) in [7, 11) is 0. The lowest BCUT2D eigenvalue weighted by Crippen LogP contribution is -2.29. The second kappa shape index (κ2) is 11.0. The van der Waals surface area contributed by atoms with Gasteiger partial charge in [-0.2, -0.15) is 0 Å². The fourth-order valence-corrected chi connectivity index (χ4v) is 6.08. The number of aryl methyl sites for hydroxylation is 2. The number of halogens is 2. The highest BCUT2D eigenvalue weighted by Crippen LogP contribution is 2.44. The molecule has 1 aliphatic rings. The molecule has 0 radical (unpaired) electrons. The van der Waals surface area contributed by atoms with Gasteiger partial charge in [-0.1, -0.05) is 36.2 Å². The van der Waals surface area contributed by atoms with Gasteiger partial charge in [-0.05, 0) is 98.7 Å². The highest BCUT2D eigenvalue weighted by atomic mass is 35.5. The van der Waals surface area contributed by atoms with Crippen LogP contribution in [-0.4, -0.2) is 20.6 Å². The smallest absolute Gasteiger partial charge is 0.224 e. The van der Waals surface area contributed by atoms with Crippen LogP contribution >= 0.6 is 35.4 Å². The second-order valence-electron chi connectivity index (χ2n) is 9.66. The standard InChI is InChI=1S/C30H29Cl2N5OS/c1-5-27(38)34-24-11-10-21(14-17(24)2)37-29(28(35-30(37)39)25-8-6-7-13-33-25)22-15-18(3)36(19(22)4)26-12-9-20(31)16-23(26)32/h6-16,28-29H,5H2,1-4H3,(H,34,38)(H,35,39)/t28-,29+/m1/s1. The first-order valence-electron chi connectivity index (χ1n) is 12.7. The van der Waals surface area contributed by atoms with Crippen molar-refractivity contribution >= 4 is 57.8 Å². The van der Waals surface area contributed by atoms with E-state index >= 15 is 0 Å². The zero-order chi connectivity index (χ0) is 27.8. The van der Waals surface area contributed by atoms with Gasteiger partial charge in [0.05, 0.1) is 28.5 Å². The van der Waals surface area contributed by atoms with E-state index in [4.69, 9.17) is 35.4 Å². The van der Waals surface area contributed by atoms with Crippen LogP contribution in [0, 0.1) is 20.8 Å². The summed E-state index contributed by atoms with van der Waals surface area (Å²) in [6.45, 7) is 7.99. The Morgan fingerprint density at radius 3 is 2.54 bits per heavy atom. The molecule has 4 aromatic rings. The number of carbonyl (C=O) groups excluding carboxylic acids is 1. The molecule has 200 valence electrons. The van der Waals surface area contributed by atoms with Crippen LogP contribution in [-0.2, 0) is 4.79 Å². The lowest BCUT2D eigenvalue weighted by atomic mass is 9.96. The van der Waals surface area contributed by atoms with E-state index in [1.54, 1.807) is 12.3 Å². The Labute approximate surface area is 244 Å². The molecule has 0 spiro atoms. The van der Waals surface area contributed by atoms with Crippen molar-refractivity contribution in [3.8, 4) is 5.69 Å². The molecule has 0 bridgehead atoms. The monoisotopic (exact) mass is 577 g/mol. The molecule has 6 nitrogen and oxygen atoms in total. The summed E-state index contributed by atoms with van der Waals surface area (Å²) in [5.74, 6) is -0.0226. The molecule has 3 heterocycles. The van der Waals surface area contributed by atoms with E-state index in [2.05, 4.69) is 51.1 Å². The first kappa shape index (κ1) is 27.2. The van der Waals surface area contributed by atoms with Gasteiger partial charge in [0.25, 0.3) is 0 Å². The maximum absolute atomic E-state index is 12.0. The van der Waals surface area contributed by atoms with Crippen molar-refractivity contribution in [1.29, 1.82) is 0 Å². The highest BCUT2D eigenvalue weighted by Gasteiger charge is 2.42. The predicted molar refractivity (Wildman–Crippen MR) is 163 cm³/mol. The summed E-state index contributed by atoms with van der Waals surface area (Å²) >= 11 is 18.8. The number of thiocarbonyl (C=S) groups is 1. The molecule has 2 atom stereocenters. The zero-order valence-corrected chi connectivity index (χ0v) is 24.5. The molecule has 0 unspecified atom stereocenters. The Kier molecular flexibility index (Phi) is 7.67. The van der Waals surface area contributed by atoms with Crippen molar-refractivity contribution in [3.05, 3.63) is 105 Å². The minimum Gasteiger partial charge on any atom is -0.351 e. The van der Waals surface area contributed by atoms with E-state index in [1.807, 2.05) is 56.3 Å². The fourth-order valence-electron chi connectivity index (χ4n) is 5.25. The van der Waals surface area contributed by atoms with Crippen LogP contribution in [0.15, 0.2) is 66.9 Å². The maximum Gasteiger partial charge on any atom is 0.224 e. The summed E-state index contributed by atoms with van der Waals surface area (Å²) in [5, 5.41) is 8.28. The molecule has 39 heavy (non-hydrogen) atoms. The van der Waals surface area contributed by atoms with Gasteiger partial charge in [-0.3, -0.25) is 9.78 Å². The summed E-state index contributed by atoms with van der Waals surface area (Å²) in [5.41, 5.74) is 7.61. The molecule has 9 heteroatoms. The molecule has 1 amide bonds. The number of hydrogen-bond donors (Lipinski definition) is 2. The zero-order valence-electron chi connectivity index (χ0n) is 22.1. The Morgan fingerprint density at radius 2 is 1.87 bits per heavy atom. The van der Waals surface area contributed by atoms with E-state index < -0.39 is 0 Å². The summed E-state index contributed by atoms with van der Waals surface area (Å²) in [4.78, 5) is 18.8. The third kappa shape index (κ3) is 5.14. The number of nitrogens with one attached hydrogen (secondary N) is 2. The van der Waals surface area contributed by atoms with Crippen molar-refractivity contribution in [2.24, 2.45) is 0 Å². The SMILES string of the molecule is CCC(=O)Nc1ccc(N2C(=S)N[C@H](c3ccccn3)[C@@H]2c2cc(C)n(-c3ccc(Cl)cc3Cl)c2C)cc1C. The second-order valence-corrected chi connectivity index (χ2v) is 10.9. The van der Waals surface area contributed by atoms with E-state index in [9.17, 15) is 4.79 Å². The van der Waals surface area contributed by atoms with Gasteiger partial charge in [0, 0.05) is 40.4 Å². The number of hydrogen-bond acceptors (Lipinski definition) is 3. The maximum atomic E-state index is 12.0. The molecule has 2 aromatic heterocycles. The van der Waals surface area contributed by atoms with Crippen LogP contribution in [0.3, 0.4) is 0 Å². The molecule has 1 aliphatic heterocycles. The number of anilines is 2. The Morgan fingerprint density at radius 1 is 1.08 bits per heavy atom. The van der Waals surface area contributed by atoms with Crippen LogP contribution < -0.4 is 15.5 Å². The summed E-state index contributed by atoms with van der Waals surface area (Å²) in [6, 6.07) is 19.2. The van der Waals surface area contributed by atoms with Crippen LogP contribution in [0.2, 0.25) is 10.0 Å². The molecule has 5 rings (SSSR count). The fraction of sp³-hybridized carbons (Fsp3) is 0.233. The lowest BCUT2D eigenvalue weighted by molar-refractivity contribution is -0.115. The minimum atomic E-state index is -0.187. The first-order valence-corrected chi connectivity index (χ1v) is 13.9. The van der Waals surface area contributed by atoms with Gasteiger partial charge in [0.1, 0.15) is 0 Å². The molecule has 1 saturated heterocycles. The number of amides is 1.